The maximum atomic E-state index is 12.2. The second-order valence-electron chi connectivity index (χ2n) is 5.51. The lowest BCUT2D eigenvalue weighted by molar-refractivity contribution is -0.142. The molecule has 1 aromatic rings. The molecule has 1 amide bonds. The third-order valence-electron chi connectivity index (χ3n) is 3.91. The Morgan fingerprint density at radius 3 is 2.57 bits per heavy atom. The summed E-state index contributed by atoms with van der Waals surface area (Å²) in [5.41, 5.74) is 0.0167. The van der Waals surface area contributed by atoms with Crippen molar-refractivity contribution in [1.29, 1.82) is 0 Å². The molecule has 0 radical (unpaired) electrons. The van der Waals surface area contributed by atoms with Crippen LogP contribution in [0.25, 0.3) is 0 Å². The van der Waals surface area contributed by atoms with Gasteiger partial charge < -0.3 is 20.5 Å². The molecule has 0 bridgehead atoms. The highest BCUT2D eigenvalue weighted by molar-refractivity contribution is 7.83. The Kier molecular flexibility index (Phi) is 5.33. The summed E-state index contributed by atoms with van der Waals surface area (Å²) in [6, 6.07) is 9.08. The molecule has 3 atom stereocenters. The molecule has 6 nitrogen and oxygen atoms in total. The van der Waals surface area contributed by atoms with Gasteiger partial charge in [0, 0.05) is 7.05 Å². The molecule has 0 saturated carbocycles. The summed E-state index contributed by atoms with van der Waals surface area (Å²) in [5.74, 6) is -1.39. The minimum atomic E-state index is -1.27. The third kappa shape index (κ3) is 3.86. The van der Waals surface area contributed by atoms with Gasteiger partial charge in [-0.15, -0.1) is 12.6 Å². The number of hydrogen-bond donors (Lipinski definition) is 4. The van der Waals surface area contributed by atoms with Gasteiger partial charge in [0.2, 0.25) is 0 Å². The average molecular weight is 336 g/mol. The lowest BCUT2D eigenvalue weighted by Gasteiger charge is -2.19. The van der Waals surface area contributed by atoms with Gasteiger partial charge in [-0.05, 0) is 24.3 Å². The molecule has 23 heavy (non-hydrogen) atoms. The summed E-state index contributed by atoms with van der Waals surface area (Å²) in [6.07, 6.45) is -0.105. The van der Waals surface area contributed by atoms with E-state index in [1.165, 1.54) is 12.3 Å². The lowest BCUT2D eigenvalue weighted by Crippen LogP contribution is -2.45. The van der Waals surface area contributed by atoms with Crippen LogP contribution < -0.4 is 10.6 Å². The van der Waals surface area contributed by atoms with Crippen LogP contribution in [0.4, 0.5) is 0 Å². The van der Waals surface area contributed by atoms with Crippen LogP contribution in [0.1, 0.15) is 12.5 Å². The molecular weight excluding hydrogens is 316 g/mol. The molecule has 1 heterocycles. The molecule has 0 aromatic heterocycles. The van der Waals surface area contributed by atoms with E-state index in [4.69, 9.17) is 4.74 Å². The molecule has 2 rings (SSSR count). The molecule has 124 valence electrons. The van der Waals surface area contributed by atoms with E-state index in [9.17, 15) is 14.7 Å². The zero-order valence-corrected chi connectivity index (χ0v) is 13.8. The fraction of sp³-hybridized carbons (Fsp3) is 0.375. The zero-order valence-electron chi connectivity index (χ0n) is 12.9. The highest BCUT2D eigenvalue weighted by atomic mass is 32.1. The van der Waals surface area contributed by atoms with Crippen molar-refractivity contribution in [3.8, 4) is 0 Å². The van der Waals surface area contributed by atoms with Crippen LogP contribution >= 0.6 is 12.6 Å². The van der Waals surface area contributed by atoms with Crippen LogP contribution in [0.3, 0.4) is 0 Å². The quantitative estimate of drug-likeness (QED) is 0.338. The van der Waals surface area contributed by atoms with Gasteiger partial charge in [-0.1, -0.05) is 30.3 Å². The topological polar surface area (TPSA) is 91.0 Å². The van der Waals surface area contributed by atoms with Crippen molar-refractivity contribution in [2.24, 2.45) is 0 Å². The molecule has 1 saturated heterocycles. The molecule has 0 spiro atoms. The molecule has 7 heteroatoms. The largest absolute Gasteiger partial charge is 0.479 e. The summed E-state index contributed by atoms with van der Waals surface area (Å²) in [4.78, 5) is 23.5. The first-order valence-corrected chi connectivity index (χ1v) is 7.72. The number of aliphatic carboxylic acids is 1. The van der Waals surface area contributed by atoms with Crippen LogP contribution in [0, 0.1) is 0 Å². The number of ether oxygens (including phenoxy) is 1. The van der Waals surface area contributed by atoms with E-state index in [0.29, 0.717) is 12.1 Å². The Morgan fingerprint density at radius 1 is 1.43 bits per heavy atom. The number of rotatable bonds is 7. The van der Waals surface area contributed by atoms with Crippen LogP contribution in [-0.2, 0) is 20.7 Å². The fourth-order valence-corrected chi connectivity index (χ4v) is 2.70. The number of carboxylic acid groups (broad SMARTS) is 1. The Bertz CT molecular complexity index is 620. The second kappa shape index (κ2) is 7.06. The van der Waals surface area contributed by atoms with Crippen LogP contribution in [0.2, 0.25) is 0 Å². The number of hydrogen-bond acceptors (Lipinski definition) is 5. The highest BCUT2D eigenvalue weighted by Crippen LogP contribution is 2.39. The zero-order chi connectivity index (χ0) is 17.0. The predicted octanol–water partition coefficient (Wildman–Crippen LogP) is 0.947. The Labute approximate surface area is 140 Å². The third-order valence-corrected chi connectivity index (χ3v) is 4.16. The SMILES string of the molecule is CN/C(=C\S)C(=O)N[C@@H](Cc1ccccc1)C1OC1(C)C(=O)O. The van der Waals surface area contributed by atoms with Gasteiger partial charge in [0.25, 0.3) is 5.91 Å². The smallest absolute Gasteiger partial charge is 0.338 e. The summed E-state index contributed by atoms with van der Waals surface area (Å²) in [5, 5.41) is 16.2. The molecule has 1 fully saturated rings. The summed E-state index contributed by atoms with van der Waals surface area (Å²) < 4.78 is 5.37. The number of benzene rings is 1. The maximum Gasteiger partial charge on any atom is 0.338 e. The lowest BCUT2D eigenvalue weighted by atomic mass is 9.96. The molecule has 1 aromatic carbocycles. The first-order chi connectivity index (χ1) is 10.9. The first kappa shape index (κ1) is 17.4. The van der Waals surface area contributed by atoms with Crippen molar-refractivity contribution in [1.82, 2.24) is 10.6 Å². The number of carbonyl (C=O) groups is 2. The van der Waals surface area contributed by atoms with Gasteiger partial charge in [0.05, 0.1) is 6.04 Å². The number of epoxide rings is 1. The van der Waals surface area contributed by atoms with Gasteiger partial charge in [-0.25, -0.2) is 4.79 Å². The van der Waals surface area contributed by atoms with E-state index in [1.807, 2.05) is 30.3 Å². The van der Waals surface area contributed by atoms with Crippen molar-refractivity contribution in [2.45, 2.75) is 31.1 Å². The van der Waals surface area contributed by atoms with Gasteiger partial charge in [-0.2, -0.15) is 0 Å². The fourth-order valence-electron chi connectivity index (χ4n) is 2.45. The number of amides is 1. The predicted molar refractivity (Wildman–Crippen MR) is 89.1 cm³/mol. The van der Waals surface area contributed by atoms with Crippen molar-refractivity contribution in [3.05, 3.63) is 47.0 Å². The summed E-state index contributed by atoms with van der Waals surface area (Å²) >= 11 is 3.98. The van der Waals surface area contributed by atoms with E-state index in [2.05, 4.69) is 23.3 Å². The Balaban J connectivity index is 2.16. The Morgan fingerprint density at radius 2 is 2.09 bits per heavy atom. The van der Waals surface area contributed by atoms with E-state index in [-0.39, 0.29) is 5.91 Å². The minimum absolute atomic E-state index is 0.295. The number of nitrogens with one attached hydrogen (secondary N) is 2. The highest BCUT2D eigenvalue weighted by Gasteiger charge is 2.62. The number of carbonyl (C=O) groups excluding carboxylic acids is 1. The first-order valence-electron chi connectivity index (χ1n) is 7.20. The molecule has 1 aliphatic rings. The van der Waals surface area contributed by atoms with Gasteiger partial charge >= 0.3 is 5.97 Å². The van der Waals surface area contributed by atoms with Crippen LogP contribution in [-0.4, -0.2) is 41.8 Å². The van der Waals surface area contributed by atoms with Crippen molar-refractivity contribution in [2.75, 3.05) is 7.05 Å². The number of carboxylic acids is 1. The molecule has 1 aliphatic heterocycles. The molecule has 0 aliphatic carbocycles. The van der Waals surface area contributed by atoms with E-state index in [0.717, 1.165) is 5.56 Å². The van der Waals surface area contributed by atoms with Crippen molar-refractivity contribution in [3.63, 3.8) is 0 Å². The molecule has 2 unspecified atom stereocenters. The standard InChI is InChI=1S/C16H20N2O4S/c1-16(15(20)21)13(22-16)11(8-10-6-4-3-5-7-10)18-14(19)12(9-23)17-2/h3-7,9,11,13,17,23H,8H2,1-2H3,(H,18,19)(H,20,21)/b12-9-/t11-,13?,16?/m0/s1. The van der Waals surface area contributed by atoms with Crippen LogP contribution in [0.5, 0.6) is 0 Å². The number of thiol groups is 1. The molecule has 3 N–H and O–H groups in total. The van der Waals surface area contributed by atoms with Crippen molar-refractivity contribution >= 4 is 24.5 Å². The van der Waals surface area contributed by atoms with Gasteiger partial charge in [0.1, 0.15) is 11.8 Å². The van der Waals surface area contributed by atoms with Crippen molar-refractivity contribution < 1.29 is 19.4 Å². The van der Waals surface area contributed by atoms with E-state index >= 15 is 0 Å². The average Bonchev–Trinajstić information content (AvgIpc) is 3.22. The van der Waals surface area contributed by atoms with E-state index in [1.54, 1.807) is 7.05 Å². The monoisotopic (exact) mass is 336 g/mol. The normalized spacial score (nSPS) is 24.7. The summed E-state index contributed by atoms with van der Waals surface area (Å²) in [7, 11) is 1.61. The van der Waals surface area contributed by atoms with Gasteiger partial charge in [0.15, 0.2) is 5.60 Å². The minimum Gasteiger partial charge on any atom is -0.479 e. The van der Waals surface area contributed by atoms with E-state index < -0.39 is 23.7 Å². The summed E-state index contributed by atoms with van der Waals surface area (Å²) in [6.45, 7) is 1.51. The second-order valence-corrected chi connectivity index (χ2v) is 5.77. The maximum absolute atomic E-state index is 12.2. The molecular formula is C16H20N2O4S. The van der Waals surface area contributed by atoms with Crippen LogP contribution in [0.15, 0.2) is 41.4 Å². The Hall–Kier alpha value is -1.99. The van der Waals surface area contributed by atoms with Gasteiger partial charge in [-0.3, -0.25) is 4.79 Å². The number of likely N-dealkylation sites (N-methyl/N-ethyl adjacent to an activating group) is 1.